The molecule has 0 saturated heterocycles. The number of carboxylic acid groups (broad SMARTS) is 1. The number of aliphatic carboxylic acids is 1. The molecule has 0 radical (unpaired) electrons. The predicted molar refractivity (Wildman–Crippen MR) is 99.5 cm³/mol. The summed E-state index contributed by atoms with van der Waals surface area (Å²) in [5.74, 6) is -6.32. The van der Waals surface area contributed by atoms with Gasteiger partial charge in [0.1, 0.15) is 18.1 Å². The Morgan fingerprint density at radius 3 is 1.59 bits per heavy atom. The maximum atomic E-state index is 12.5. The van der Waals surface area contributed by atoms with Crippen molar-refractivity contribution in [3.8, 4) is 0 Å². The van der Waals surface area contributed by atoms with Crippen LogP contribution in [0.2, 0.25) is 0 Å². The van der Waals surface area contributed by atoms with Crippen LogP contribution < -0.4 is 33.2 Å². The van der Waals surface area contributed by atoms with Crippen LogP contribution in [-0.4, -0.2) is 64.8 Å². The largest absolute Gasteiger partial charge is 0.480 e. The third-order valence-electron chi connectivity index (χ3n) is 3.72. The second kappa shape index (κ2) is 11.6. The Balaban J connectivity index is 5.39. The molecule has 4 atom stereocenters. The molecule has 0 saturated carbocycles. The molecule has 0 aromatic rings. The molecule has 0 aliphatic carbocycles. The van der Waals surface area contributed by atoms with E-state index < -0.39 is 78.4 Å². The molecular weight excluding hydrogens is 388 g/mol. The van der Waals surface area contributed by atoms with Crippen molar-refractivity contribution >= 4 is 35.5 Å². The van der Waals surface area contributed by atoms with E-state index in [2.05, 4.69) is 16.0 Å². The van der Waals surface area contributed by atoms with E-state index in [1.54, 1.807) is 13.8 Å². The zero-order chi connectivity index (χ0) is 22.9. The summed E-state index contributed by atoms with van der Waals surface area (Å²) in [6.07, 6.45) is -1.19. The van der Waals surface area contributed by atoms with Gasteiger partial charge in [-0.1, -0.05) is 13.8 Å². The van der Waals surface area contributed by atoms with Gasteiger partial charge in [-0.15, -0.1) is 0 Å². The molecule has 0 aromatic heterocycles. The van der Waals surface area contributed by atoms with Crippen LogP contribution in [0.5, 0.6) is 0 Å². The summed E-state index contributed by atoms with van der Waals surface area (Å²) >= 11 is 0. The topological polar surface area (TPSA) is 237 Å². The number of nitrogens with two attached hydrogens (primary N) is 3. The monoisotopic (exact) mass is 416 g/mol. The summed E-state index contributed by atoms with van der Waals surface area (Å²) in [4.78, 5) is 70.1. The van der Waals surface area contributed by atoms with E-state index in [4.69, 9.17) is 22.3 Å². The van der Waals surface area contributed by atoms with E-state index in [1.807, 2.05) is 0 Å². The highest BCUT2D eigenvalue weighted by Gasteiger charge is 2.32. The highest BCUT2D eigenvalue weighted by Crippen LogP contribution is 2.05. The predicted octanol–water partition coefficient (Wildman–Crippen LogP) is -3.72. The SMILES string of the molecule is CC(C)[C@H](NC(=O)[C@H](CC(N)=O)NC(=O)[C@H](C)N)C(=O)N[C@@H](CC(N)=O)C(=O)O. The molecule has 0 aliphatic rings. The minimum absolute atomic E-state index is 0.514. The molecule has 0 fully saturated rings. The quantitative estimate of drug-likeness (QED) is 0.166. The maximum absolute atomic E-state index is 12.5. The first-order valence-electron chi connectivity index (χ1n) is 8.72. The fourth-order valence-corrected chi connectivity index (χ4v) is 2.17. The number of carbonyl (C=O) groups is 6. The van der Waals surface area contributed by atoms with Gasteiger partial charge in [-0.3, -0.25) is 24.0 Å². The van der Waals surface area contributed by atoms with E-state index in [0.29, 0.717) is 0 Å². The average molecular weight is 416 g/mol. The molecule has 5 amide bonds. The van der Waals surface area contributed by atoms with Gasteiger partial charge in [0.2, 0.25) is 29.5 Å². The summed E-state index contributed by atoms with van der Waals surface area (Å²) in [5, 5.41) is 15.8. The van der Waals surface area contributed by atoms with Crippen molar-refractivity contribution in [3.63, 3.8) is 0 Å². The number of carbonyl (C=O) groups excluding carboxylic acids is 5. The van der Waals surface area contributed by atoms with Gasteiger partial charge in [0.15, 0.2) is 0 Å². The number of carboxylic acids is 1. The zero-order valence-electron chi connectivity index (χ0n) is 16.4. The molecule has 164 valence electrons. The van der Waals surface area contributed by atoms with Crippen LogP contribution in [0.4, 0.5) is 0 Å². The molecule has 0 bridgehead atoms. The van der Waals surface area contributed by atoms with E-state index in [0.717, 1.165) is 0 Å². The molecule has 13 heteroatoms. The lowest BCUT2D eigenvalue weighted by Crippen LogP contribution is -2.59. The number of nitrogens with one attached hydrogen (secondary N) is 3. The smallest absolute Gasteiger partial charge is 0.326 e. The van der Waals surface area contributed by atoms with Crippen molar-refractivity contribution < 1.29 is 33.9 Å². The average Bonchev–Trinajstić information content (AvgIpc) is 2.56. The van der Waals surface area contributed by atoms with Crippen LogP contribution in [0, 0.1) is 5.92 Å². The summed E-state index contributed by atoms with van der Waals surface area (Å²) < 4.78 is 0. The summed E-state index contributed by atoms with van der Waals surface area (Å²) in [7, 11) is 0. The van der Waals surface area contributed by atoms with E-state index in [1.165, 1.54) is 6.92 Å². The second-order valence-corrected chi connectivity index (χ2v) is 6.82. The number of hydrogen-bond acceptors (Lipinski definition) is 7. The summed E-state index contributed by atoms with van der Waals surface area (Å²) in [5.41, 5.74) is 15.5. The van der Waals surface area contributed by atoms with Gasteiger partial charge in [0.25, 0.3) is 0 Å². The lowest BCUT2D eigenvalue weighted by Gasteiger charge is -2.26. The van der Waals surface area contributed by atoms with Crippen molar-refractivity contribution in [1.29, 1.82) is 0 Å². The molecule has 13 nitrogen and oxygen atoms in total. The van der Waals surface area contributed by atoms with Gasteiger partial charge in [-0.25, -0.2) is 4.79 Å². The Kier molecular flexibility index (Phi) is 10.3. The van der Waals surface area contributed by atoms with Crippen molar-refractivity contribution in [2.45, 2.75) is 57.8 Å². The molecular formula is C16H28N6O7. The zero-order valence-corrected chi connectivity index (χ0v) is 16.4. The third-order valence-corrected chi connectivity index (χ3v) is 3.72. The Hall–Kier alpha value is -3.22. The Bertz CT molecular complexity index is 664. The fourth-order valence-electron chi connectivity index (χ4n) is 2.17. The van der Waals surface area contributed by atoms with Crippen LogP contribution in [0.25, 0.3) is 0 Å². The van der Waals surface area contributed by atoms with Crippen LogP contribution >= 0.6 is 0 Å². The van der Waals surface area contributed by atoms with Crippen LogP contribution in [0.1, 0.15) is 33.6 Å². The molecule has 0 aromatic carbocycles. The first-order chi connectivity index (χ1) is 13.3. The minimum Gasteiger partial charge on any atom is -0.480 e. The Morgan fingerprint density at radius 1 is 0.759 bits per heavy atom. The van der Waals surface area contributed by atoms with Gasteiger partial charge in [0.05, 0.1) is 18.9 Å². The molecule has 29 heavy (non-hydrogen) atoms. The first-order valence-corrected chi connectivity index (χ1v) is 8.72. The van der Waals surface area contributed by atoms with Crippen molar-refractivity contribution in [2.24, 2.45) is 23.1 Å². The van der Waals surface area contributed by atoms with Gasteiger partial charge in [-0.05, 0) is 12.8 Å². The van der Waals surface area contributed by atoms with E-state index >= 15 is 0 Å². The van der Waals surface area contributed by atoms with Crippen LogP contribution in [0.15, 0.2) is 0 Å². The van der Waals surface area contributed by atoms with Crippen molar-refractivity contribution in [1.82, 2.24) is 16.0 Å². The molecule has 10 N–H and O–H groups in total. The molecule has 0 heterocycles. The van der Waals surface area contributed by atoms with Crippen molar-refractivity contribution in [2.75, 3.05) is 0 Å². The van der Waals surface area contributed by atoms with E-state index in [-0.39, 0.29) is 0 Å². The second-order valence-electron chi connectivity index (χ2n) is 6.82. The third kappa shape index (κ3) is 9.51. The standard InChI is InChI=1S/C16H28N6O7/c1-6(2)12(15(27)21-9(16(28)29)5-11(19)24)22-14(26)8(4-10(18)23)20-13(25)7(3)17/h6-9,12H,4-5,17H2,1-3H3,(H2,18,23)(H2,19,24)(H,20,25)(H,21,27)(H,22,26)(H,28,29)/t7-,8-,9-,12-/m0/s1. The van der Waals surface area contributed by atoms with Gasteiger partial charge in [0, 0.05) is 0 Å². The number of hydrogen-bond donors (Lipinski definition) is 7. The molecule has 0 aliphatic heterocycles. The van der Waals surface area contributed by atoms with Gasteiger partial charge >= 0.3 is 5.97 Å². The summed E-state index contributed by atoms with van der Waals surface area (Å²) in [6, 6.07) is -5.18. The van der Waals surface area contributed by atoms with E-state index in [9.17, 15) is 28.8 Å². The highest BCUT2D eigenvalue weighted by atomic mass is 16.4. The van der Waals surface area contributed by atoms with Crippen LogP contribution in [-0.2, 0) is 28.8 Å². The Labute approximate surface area is 167 Å². The Morgan fingerprint density at radius 2 is 1.21 bits per heavy atom. The van der Waals surface area contributed by atoms with Gasteiger partial charge < -0.3 is 38.3 Å². The van der Waals surface area contributed by atoms with Gasteiger partial charge in [-0.2, -0.15) is 0 Å². The van der Waals surface area contributed by atoms with Crippen LogP contribution in [0.3, 0.4) is 0 Å². The number of primary amides is 2. The maximum Gasteiger partial charge on any atom is 0.326 e. The normalized spacial score (nSPS) is 14.8. The number of amides is 5. The first kappa shape index (κ1) is 25.8. The lowest BCUT2D eigenvalue weighted by atomic mass is 10.0. The molecule has 0 rings (SSSR count). The van der Waals surface area contributed by atoms with Crippen molar-refractivity contribution in [3.05, 3.63) is 0 Å². The fraction of sp³-hybridized carbons (Fsp3) is 0.625. The minimum atomic E-state index is -1.59. The summed E-state index contributed by atoms with van der Waals surface area (Å²) in [6.45, 7) is 4.50. The molecule has 0 unspecified atom stereocenters. The number of rotatable bonds is 12. The highest BCUT2D eigenvalue weighted by molar-refractivity contribution is 5.96. The lowest BCUT2D eigenvalue weighted by molar-refractivity contribution is -0.144. The molecule has 0 spiro atoms.